The average molecular weight is 388 g/mol. The molecule has 1 aromatic heterocycles. The van der Waals surface area contributed by atoms with Crippen LogP contribution in [0.2, 0.25) is 10.0 Å². The van der Waals surface area contributed by atoms with E-state index in [1.807, 2.05) is 19.3 Å². The molecule has 1 fully saturated rings. The van der Waals surface area contributed by atoms with Gasteiger partial charge in [0.15, 0.2) is 9.84 Å². The fraction of sp³-hybridized carbons (Fsp3) is 0.412. The van der Waals surface area contributed by atoms with Gasteiger partial charge in [0, 0.05) is 31.1 Å². The lowest BCUT2D eigenvalue weighted by molar-refractivity contribution is -0.916. The summed E-state index contributed by atoms with van der Waals surface area (Å²) in [4.78, 5) is 1.45. The topological polar surface area (TPSA) is 43.5 Å². The predicted molar refractivity (Wildman–Crippen MR) is 96.6 cm³/mol. The molecule has 1 N–H and O–H groups in total. The van der Waals surface area contributed by atoms with Crippen LogP contribution in [0.5, 0.6) is 0 Å². The van der Waals surface area contributed by atoms with Crippen LogP contribution in [0.4, 0.5) is 0 Å². The van der Waals surface area contributed by atoms with Gasteiger partial charge in [-0.2, -0.15) is 0 Å². The maximum Gasteiger partial charge on any atom is 0.185 e. The minimum Gasteiger partial charge on any atom is -0.350 e. The zero-order valence-corrected chi connectivity index (χ0v) is 15.8. The summed E-state index contributed by atoms with van der Waals surface area (Å²) in [5.74, 6) is 0.0727. The Balaban J connectivity index is 1.75. The summed E-state index contributed by atoms with van der Waals surface area (Å²) in [6, 6.07) is 9.08. The van der Waals surface area contributed by atoms with Crippen LogP contribution < -0.4 is 4.90 Å². The normalized spacial score (nSPS) is 21.3. The van der Waals surface area contributed by atoms with Gasteiger partial charge in [0.2, 0.25) is 0 Å². The molecule has 0 bridgehead atoms. The van der Waals surface area contributed by atoms with Gasteiger partial charge < -0.3 is 9.47 Å². The maximum atomic E-state index is 12.7. The lowest BCUT2D eigenvalue weighted by atomic mass is 10.1. The highest BCUT2D eigenvalue weighted by Gasteiger charge is 2.33. The van der Waals surface area contributed by atoms with Crippen LogP contribution in [-0.2, 0) is 16.9 Å². The number of nitrogens with zero attached hydrogens (tertiary/aromatic N) is 1. The van der Waals surface area contributed by atoms with Crippen LogP contribution in [0.25, 0.3) is 0 Å². The highest BCUT2D eigenvalue weighted by molar-refractivity contribution is 7.91. The standard InChI is InChI=1S/C17H20Cl2N2O2S/c1-20-8-2-4-15(20)16-5-3-9-21(16)10-11-24(22,23)17-12-13(18)6-7-14(17)19/h2,4,6-8,12,16H,3,5,9-11H2,1H3/p+1/t16-/m1/s1. The molecule has 0 amide bonds. The van der Waals surface area contributed by atoms with E-state index in [9.17, 15) is 8.42 Å². The summed E-state index contributed by atoms with van der Waals surface area (Å²) in [7, 11) is -1.41. The van der Waals surface area contributed by atoms with E-state index >= 15 is 0 Å². The molecule has 0 aliphatic carbocycles. The minimum absolute atomic E-state index is 0.0727. The summed E-state index contributed by atoms with van der Waals surface area (Å²) in [5, 5.41) is 0.614. The van der Waals surface area contributed by atoms with Crippen molar-refractivity contribution in [3.05, 3.63) is 52.3 Å². The van der Waals surface area contributed by atoms with Gasteiger partial charge in [-0.1, -0.05) is 23.2 Å². The van der Waals surface area contributed by atoms with Gasteiger partial charge in [0.05, 0.1) is 28.7 Å². The summed E-state index contributed by atoms with van der Waals surface area (Å²) in [6.45, 7) is 1.57. The molecule has 0 radical (unpaired) electrons. The van der Waals surface area contributed by atoms with Crippen molar-refractivity contribution in [2.24, 2.45) is 7.05 Å². The van der Waals surface area contributed by atoms with Crippen LogP contribution in [-0.4, -0.2) is 31.8 Å². The number of sulfone groups is 1. The van der Waals surface area contributed by atoms with E-state index in [-0.39, 0.29) is 15.7 Å². The Hall–Kier alpha value is -1.01. The molecule has 7 heteroatoms. The molecule has 2 atom stereocenters. The monoisotopic (exact) mass is 387 g/mol. The number of rotatable bonds is 5. The second-order valence-electron chi connectivity index (χ2n) is 6.29. The second-order valence-corrected chi connectivity index (χ2v) is 9.21. The van der Waals surface area contributed by atoms with E-state index < -0.39 is 9.84 Å². The van der Waals surface area contributed by atoms with Crippen molar-refractivity contribution in [2.75, 3.05) is 18.8 Å². The zero-order chi connectivity index (χ0) is 17.3. The third-order valence-electron chi connectivity index (χ3n) is 4.74. The van der Waals surface area contributed by atoms with E-state index in [0.29, 0.717) is 17.6 Å². The van der Waals surface area contributed by atoms with Crippen LogP contribution in [0.3, 0.4) is 0 Å². The molecule has 130 valence electrons. The molecule has 0 spiro atoms. The molecular weight excluding hydrogens is 367 g/mol. The van der Waals surface area contributed by atoms with Crippen molar-refractivity contribution in [1.82, 2.24) is 4.57 Å². The summed E-state index contributed by atoms with van der Waals surface area (Å²) in [5.41, 5.74) is 1.26. The number of quaternary nitrogens is 1. The molecule has 2 aromatic rings. The van der Waals surface area contributed by atoms with Crippen molar-refractivity contribution in [1.29, 1.82) is 0 Å². The Labute approximate surface area is 152 Å². The first-order valence-electron chi connectivity index (χ1n) is 8.02. The Morgan fingerprint density at radius 2 is 2.08 bits per heavy atom. The fourth-order valence-electron chi connectivity index (χ4n) is 3.50. The molecule has 1 saturated heterocycles. The minimum atomic E-state index is -3.45. The van der Waals surface area contributed by atoms with Crippen molar-refractivity contribution in [2.45, 2.75) is 23.8 Å². The quantitative estimate of drug-likeness (QED) is 0.856. The van der Waals surface area contributed by atoms with Crippen molar-refractivity contribution < 1.29 is 13.3 Å². The Morgan fingerprint density at radius 3 is 2.79 bits per heavy atom. The van der Waals surface area contributed by atoms with E-state index in [1.165, 1.54) is 22.7 Å². The van der Waals surface area contributed by atoms with Gasteiger partial charge in [-0.25, -0.2) is 8.42 Å². The number of aryl methyl sites for hydroxylation is 1. The molecule has 1 aliphatic rings. The van der Waals surface area contributed by atoms with Gasteiger partial charge in [0.25, 0.3) is 0 Å². The maximum absolute atomic E-state index is 12.7. The predicted octanol–water partition coefficient (Wildman–Crippen LogP) is 2.53. The Bertz CT molecular complexity index is 833. The van der Waals surface area contributed by atoms with Crippen LogP contribution in [0, 0.1) is 0 Å². The van der Waals surface area contributed by atoms with Gasteiger partial charge in [0.1, 0.15) is 11.8 Å². The van der Waals surface area contributed by atoms with E-state index in [1.54, 1.807) is 6.07 Å². The molecule has 1 aliphatic heterocycles. The molecule has 1 aromatic carbocycles. The summed E-state index contributed by atoms with van der Waals surface area (Å²) >= 11 is 12.0. The molecule has 2 heterocycles. The first-order chi connectivity index (χ1) is 11.4. The Kier molecular flexibility index (Phi) is 5.25. The number of halogens is 2. The average Bonchev–Trinajstić information content (AvgIpc) is 3.15. The van der Waals surface area contributed by atoms with Crippen molar-refractivity contribution in [3.8, 4) is 0 Å². The smallest absolute Gasteiger partial charge is 0.185 e. The van der Waals surface area contributed by atoms with Gasteiger partial charge in [-0.15, -0.1) is 0 Å². The zero-order valence-electron chi connectivity index (χ0n) is 13.5. The molecule has 3 rings (SSSR count). The lowest BCUT2D eigenvalue weighted by Gasteiger charge is -2.22. The third-order valence-corrected chi connectivity index (χ3v) is 7.17. The van der Waals surface area contributed by atoms with Crippen LogP contribution in [0.1, 0.15) is 24.6 Å². The largest absolute Gasteiger partial charge is 0.350 e. The highest BCUT2D eigenvalue weighted by atomic mass is 35.5. The molecule has 0 saturated carbocycles. The molecule has 1 unspecified atom stereocenters. The number of benzene rings is 1. The van der Waals surface area contributed by atoms with E-state index in [0.717, 1.165) is 19.4 Å². The first-order valence-corrected chi connectivity index (χ1v) is 10.4. The number of aromatic nitrogens is 1. The second kappa shape index (κ2) is 7.08. The van der Waals surface area contributed by atoms with Crippen LogP contribution >= 0.6 is 23.2 Å². The number of nitrogens with one attached hydrogen (secondary N) is 1. The SMILES string of the molecule is Cn1cccc1[C@H]1CCC[NH+]1CCS(=O)(=O)c1cc(Cl)ccc1Cl. The van der Waals surface area contributed by atoms with Gasteiger partial charge in [-0.3, -0.25) is 0 Å². The summed E-state index contributed by atoms with van der Waals surface area (Å²) in [6.07, 6.45) is 4.24. The lowest BCUT2D eigenvalue weighted by Crippen LogP contribution is -3.11. The molecule has 4 nitrogen and oxygen atoms in total. The van der Waals surface area contributed by atoms with Gasteiger partial charge >= 0.3 is 0 Å². The van der Waals surface area contributed by atoms with Gasteiger partial charge in [-0.05, 0) is 30.3 Å². The number of hydrogen-bond donors (Lipinski definition) is 1. The molecular formula is C17H21Cl2N2O2S+. The fourth-order valence-corrected chi connectivity index (χ4v) is 5.62. The molecule has 24 heavy (non-hydrogen) atoms. The van der Waals surface area contributed by atoms with Crippen molar-refractivity contribution >= 4 is 33.0 Å². The van der Waals surface area contributed by atoms with Crippen LogP contribution in [0.15, 0.2) is 41.4 Å². The highest BCUT2D eigenvalue weighted by Crippen LogP contribution is 2.26. The van der Waals surface area contributed by atoms with E-state index in [4.69, 9.17) is 23.2 Å². The number of hydrogen-bond acceptors (Lipinski definition) is 2. The Morgan fingerprint density at radius 1 is 1.29 bits per heavy atom. The number of likely N-dealkylation sites (tertiary alicyclic amines) is 1. The van der Waals surface area contributed by atoms with E-state index in [2.05, 4.69) is 10.6 Å². The third kappa shape index (κ3) is 3.64. The van der Waals surface area contributed by atoms with Crippen molar-refractivity contribution in [3.63, 3.8) is 0 Å². The summed E-state index contributed by atoms with van der Waals surface area (Å²) < 4.78 is 27.4. The first kappa shape index (κ1) is 17.8.